The first-order chi connectivity index (χ1) is 14.8. The number of benzene rings is 1. The van der Waals surface area contributed by atoms with Gasteiger partial charge in [-0.05, 0) is 24.6 Å². The van der Waals surface area contributed by atoms with Crippen molar-refractivity contribution in [1.29, 1.82) is 5.41 Å². The van der Waals surface area contributed by atoms with E-state index < -0.39 is 11.7 Å². The van der Waals surface area contributed by atoms with Gasteiger partial charge in [0.05, 0.1) is 18.1 Å². The number of hydrogen-bond donors (Lipinski definition) is 2. The van der Waals surface area contributed by atoms with Crippen LogP contribution < -0.4 is 10.5 Å². The molecule has 0 radical (unpaired) electrons. The molecule has 0 amide bonds. The number of rotatable bonds is 10. The molecule has 2 aromatic rings. The van der Waals surface area contributed by atoms with Crippen LogP contribution in [0.3, 0.4) is 0 Å². The molecular formula is C21H29ClF3N5O2. The second-order valence-corrected chi connectivity index (χ2v) is 7.77. The van der Waals surface area contributed by atoms with Crippen LogP contribution in [0.4, 0.5) is 13.2 Å². The summed E-state index contributed by atoms with van der Waals surface area (Å²) in [6.07, 6.45) is 1.62. The highest BCUT2D eigenvalue weighted by molar-refractivity contribution is 5.85. The zero-order chi connectivity index (χ0) is 22.4. The number of nitrogens with two attached hydrogens (primary N) is 1. The lowest BCUT2D eigenvalue weighted by molar-refractivity contribution is -0.138. The average molecular weight is 476 g/mol. The van der Waals surface area contributed by atoms with E-state index in [1.165, 1.54) is 18.6 Å². The first-order valence-electron chi connectivity index (χ1n) is 10.6. The number of likely N-dealkylation sites (tertiary alicyclic amines) is 1. The van der Waals surface area contributed by atoms with Crippen LogP contribution in [-0.4, -0.2) is 40.7 Å². The Morgan fingerprint density at radius 3 is 2.56 bits per heavy atom. The van der Waals surface area contributed by atoms with Gasteiger partial charge < -0.3 is 19.9 Å². The summed E-state index contributed by atoms with van der Waals surface area (Å²) < 4.78 is 51.4. The molecule has 0 aliphatic carbocycles. The van der Waals surface area contributed by atoms with E-state index >= 15 is 0 Å². The molecule has 11 heteroatoms. The zero-order valence-electron chi connectivity index (χ0n) is 18.0. The minimum atomic E-state index is -4.56. The number of ether oxygens (including phenoxy) is 1. The quantitative estimate of drug-likeness (QED) is 0.278. The maximum atomic E-state index is 13.6. The van der Waals surface area contributed by atoms with Gasteiger partial charge >= 0.3 is 6.18 Å². The summed E-state index contributed by atoms with van der Waals surface area (Å²) in [5, 5.41) is 11.2. The predicted molar refractivity (Wildman–Crippen MR) is 117 cm³/mol. The van der Waals surface area contributed by atoms with Gasteiger partial charge in [0.1, 0.15) is 5.75 Å². The Balaban J connectivity index is 0.00000363. The Morgan fingerprint density at radius 1 is 1.22 bits per heavy atom. The van der Waals surface area contributed by atoms with Crippen molar-refractivity contribution in [1.82, 2.24) is 15.0 Å². The van der Waals surface area contributed by atoms with Gasteiger partial charge in [-0.1, -0.05) is 44.2 Å². The van der Waals surface area contributed by atoms with Crippen LogP contribution in [0.2, 0.25) is 0 Å². The van der Waals surface area contributed by atoms with E-state index in [0.717, 1.165) is 38.2 Å². The number of unbranched alkanes of at least 4 members (excludes halogenated alkanes) is 5. The third-order valence-electron chi connectivity index (χ3n) is 5.31. The average Bonchev–Trinajstić information content (AvgIpc) is 3.14. The van der Waals surface area contributed by atoms with Crippen molar-refractivity contribution in [3.8, 4) is 17.1 Å². The number of nitrogens with zero attached hydrogens (tertiary/aromatic N) is 3. The molecule has 178 valence electrons. The van der Waals surface area contributed by atoms with Gasteiger partial charge in [-0.3, -0.25) is 5.41 Å². The van der Waals surface area contributed by atoms with Crippen molar-refractivity contribution in [2.24, 2.45) is 5.73 Å². The molecule has 0 unspecified atom stereocenters. The van der Waals surface area contributed by atoms with Gasteiger partial charge in [0, 0.05) is 18.7 Å². The van der Waals surface area contributed by atoms with Crippen LogP contribution in [0.15, 0.2) is 22.7 Å². The monoisotopic (exact) mass is 475 g/mol. The van der Waals surface area contributed by atoms with Gasteiger partial charge in [-0.25, -0.2) is 0 Å². The first-order valence-corrected chi connectivity index (χ1v) is 10.6. The Morgan fingerprint density at radius 2 is 1.91 bits per heavy atom. The lowest BCUT2D eigenvalue weighted by Gasteiger charge is -2.37. The fraction of sp³-hybridized carbons (Fsp3) is 0.571. The molecule has 0 spiro atoms. The molecular weight excluding hydrogens is 447 g/mol. The molecule has 0 bridgehead atoms. The predicted octanol–water partition coefficient (Wildman–Crippen LogP) is 5.21. The fourth-order valence-electron chi connectivity index (χ4n) is 3.43. The molecule has 1 aliphatic rings. The van der Waals surface area contributed by atoms with Crippen LogP contribution in [0.5, 0.6) is 5.75 Å². The minimum absolute atomic E-state index is 0. The highest BCUT2D eigenvalue weighted by atomic mass is 35.5. The van der Waals surface area contributed by atoms with Gasteiger partial charge in [0.2, 0.25) is 11.7 Å². The minimum Gasteiger partial charge on any atom is -0.493 e. The molecule has 3 N–H and O–H groups in total. The fourth-order valence-corrected chi connectivity index (χ4v) is 3.43. The van der Waals surface area contributed by atoms with Crippen LogP contribution >= 0.6 is 12.4 Å². The number of alkyl halides is 3. The van der Waals surface area contributed by atoms with E-state index in [0.29, 0.717) is 19.0 Å². The number of guanidine groups is 1. The van der Waals surface area contributed by atoms with E-state index in [2.05, 4.69) is 17.1 Å². The van der Waals surface area contributed by atoms with E-state index in [4.69, 9.17) is 20.4 Å². The molecule has 1 aromatic heterocycles. The standard InChI is InChI=1S/C21H28F3N5O2.ClH/c1-2-3-4-5-6-7-10-30-17-9-8-14(11-16(17)21(22,23)24)18-27-19(31-28-18)15-12-29(13-15)20(25)26;/h8-9,11,15H,2-7,10,12-13H2,1H3,(H3,25,26);1H. The first kappa shape index (κ1) is 25.8. The summed E-state index contributed by atoms with van der Waals surface area (Å²) in [4.78, 5) is 5.87. The molecule has 7 nitrogen and oxygen atoms in total. The zero-order valence-corrected chi connectivity index (χ0v) is 18.8. The van der Waals surface area contributed by atoms with Crippen LogP contribution in [0, 0.1) is 5.41 Å². The summed E-state index contributed by atoms with van der Waals surface area (Å²) in [5.74, 6) is 0.0906. The number of hydrogen-bond acceptors (Lipinski definition) is 5. The third kappa shape index (κ3) is 6.51. The van der Waals surface area contributed by atoms with Crippen molar-refractivity contribution in [3.05, 3.63) is 29.7 Å². The topological polar surface area (TPSA) is 101 Å². The van der Waals surface area contributed by atoms with Crippen molar-refractivity contribution in [3.63, 3.8) is 0 Å². The molecule has 0 saturated carbocycles. The van der Waals surface area contributed by atoms with E-state index in [1.807, 2.05) is 0 Å². The molecule has 2 heterocycles. The van der Waals surface area contributed by atoms with Crippen LogP contribution in [0.1, 0.15) is 62.8 Å². The van der Waals surface area contributed by atoms with Gasteiger partial charge in [-0.2, -0.15) is 18.2 Å². The second kappa shape index (κ2) is 11.4. The third-order valence-corrected chi connectivity index (χ3v) is 5.31. The summed E-state index contributed by atoms with van der Waals surface area (Å²) in [5.41, 5.74) is 4.75. The molecule has 1 aromatic carbocycles. The summed E-state index contributed by atoms with van der Waals surface area (Å²) >= 11 is 0. The summed E-state index contributed by atoms with van der Waals surface area (Å²) in [7, 11) is 0. The summed E-state index contributed by atoms with van der Waals surface area (Å²) in [6.45, 7) is 3.32. The Bertz CT molecular complexity index is 885. The van der Waals surface area contributed by atoms with E-state index in [1.54, 1.807) is 4.90 Å². The van der Waals surface area contributed by atoms with Gasteiger partial charge in [-0.15, -0.1) is 12.4 Å². The highest BCUT2D eigenvalue weighted by Crippen LogP contribution is 2.39. The largest absolute Gasteiger partial charge is 0.493 e. The molecule has 1 aliphatic heterocycles. The Hall–Kier alpha value is -2.49. The smallest absolute Gasteiger partial charge is 0.419 e. The van der Waals surface area contributed by atoms with Crippen LogP contribution in [-0.2, 0) is 6.18 Å². The normalized spacial score (nSPS) is 14.1. The van der Waals surface area contributed by atoms with E-state index in [9.17, 15) is 13.2 Å². The van der Waals surface area contributed by atoms with Crippen molar-refractivity contribution in [2.75, 3.05) is 19.7 Å². The maximum absolute atomic E-state index is 13.6. The maximum Gasteiger partial charge on any atom is 0.419 e. The SMILES string of the molecule is CCCCCCCCOc1ccc(-c2noc(C3CN(C(=N)N)C3)n2)cc1C(F)(F)F.Cl. The molecule has 3 rings (SSSR count). The second-order valence-electron chi connectivity index (χ2n) is 7.77. The Kier molecular flexibility index (Phi) is 9.18. The van der Waals surface area contributed by atoms with Crippen molar-refractivity contribution < 1.29 is 22.4 Å². The van der Waals surface area contributed by atoms with Crippen molar-refractivity contribution >= 4 is 18.4 Å². The number of aromatic nitrogens is 2. The molecule has 0 atom stereocenters. The van der Waals surface area contributed by atoms with Crippen molar-refractivity contribution in [2.45, 2.75) is 57.5 Å². The van der Waals surface area contributed by atoms with Gasteiger partial charge in [0.25, 0.3) is 0 Å². The highest BCUT2D eigenvalue weighted by Gasteiger charge is 2.36. The van der Waals surface area contributed by atoms with Crippen LogP contribution in [0.25, 0.3) is 11.4 Å². The number of halogens is 4. The number of nitrogens with one attached hydrogen (secondary N) is 1. The lowest BCUT2D eigenvalue weighted by atomic mass is 10.0. The van der Waals surface area contributed by atoms with E-state index in [-0.39, 0.29) is 48.0 Å². The molecule has 1 saturated heterocycles. The lowest BCUT2D eigenvalue weighted by Crippen LogP contribution is -2.51. The molecule has 32 heavy (non-hydrogen) atoms. The van der Waals surface area contributed by atoms with Gasteiger partial charge in [0.15, 0.2) is 5.96 Å². The molecule has 1 fully saturated rings. The Labute approximate surface area is 191 Å². The summed E-state index contributed by atoms with van der Waals surface area (Å²) in [6, 6.07) is 3.81.